The Morgan fingerprint density at radius 3 is 2.39 bits per heavy atom. The van der Waals surface area contributed by atoms with E-state index in [-0.39, 0.29) is 24.7 Å². The van der Waals surface area contributed by atoms with Crippen LogP contribution in [0, 0.1) is 5.92 Å². The van der Waals surface area contributed by atoms with Gasteiger partial charge in [-0.25, -0.2) is 14.5 Å². The van der Waals surface area contributed by atoms with Gasteiger partial charge in [-0.2, -0.15) is 5.21 Å². The molecule has 0 unspecified atom stereocenters. The fraction of sp³-hybridized carbons (Fsp3) is 0.765. The molecule has 1 aromatic rings. The molecule has 1 aliphatic heterocycles. The van der Waals surface area contributed by atoms with Gasteiger partial charge in [0, 0.05) is 12.5 Å². The van der Waals surface area contributed by atoms with E-state index in [0.29, 0.717) is 19.3 Å². The summed E-state index contributed by atoms with van der Waals surface area (Å²) in [4.78, 5) is 38.6. The number of hydrogen-bond acceptors (Lipinski definition) is 7. The van der Waals surface area contributed by atoms with Gasteiger partial charge in [-0.15, -0.1) is 10.2 Å². The molecule has 0 saturated carbocycles. The van der Waals surface area contributed by atoms with Crippen molar-refractivity contribution in [2.75, 3.05) is 6.54 Å². The lowest BCUT2D eigenvalue weighted by molar-refractivity contribution is -0.170. The van der Waals surface area contributed by atoms with Crippen LogP contribution in [0.3, 0.4) is 0 Å². The van der Waals surface area contributed by atoms with Crippen molar-refractivity contribution in [3.63, 3.8) is 0 Å². The predicted molar refractivity (Wildman–Crippen MR) is 96.9 cm³/mol. The molecule has 2 rings (SSSR count). The molecule has 11 nitrogen and oxygen atoms in total. The number of tetrazole rings is 1. The maximum atomic E-state index is 12.9. The first-order chi connectivity index (χ1) is 13.2. The Kier molecular flexibility index (Phi) is 6.70. The van der Waals surface area contributed by atoms with E-state index in [2.05, 4.69) is 25.9 Å². The van der Waals surface area contributed by atoms with Crippen LogP contribution >= 0.6 is 0 Å². The molecule has 28 heavy (non-hydrogen) atoms. The van der Waals surface area contributed by atoms with Crippen LogP contribution in [0.5, 0.6) is 0 Å². The summed E-state index contributed by atoms with van der Waals surface area (Å²) in [6, 6.07) is 0. The van der Waals surface area contributed by atoms with Crippen LogP contribution in [0.25, 0.3) is 0 Å². The quantitative estimate of drug-likeness (QED) is 0.446. The van der Waals surface area contributed by atoms with Crippen molar-refractivity contribution in [2.45, 2.75) is 70.5 Å². The van der Waals surface area contributed by atoms with Crippen LogP contribution in [0.15, 0.2) is 0 Å². The van der Waals surface area contributed by atoms with Gasteiger partial charge in [0.15, 0.2) is 11.2 Å². The first-order valence-electron chi connectivity index (χ1n) is 9.54. The predicted octanol–water partition coefficient (Wildman–Crippen LogP) is 0.709. The second-order valence-electron chi connectivity index (χ2n) is 7.30. The van der Waals surface area contributed by atoms with Crippen LogP contribution in [-0.2, 0) is 19.9 Å². The van der Waals surface area contributed by atoms with Crippen LogP contribution in [0.1, 0.15) is 65.1 Å². The lowest BCUT2D eigenvalue weighted by Gasteiger charge is -2.43. The number of carbonyl (C=O) groups is 3. The van der Waals surface area contributed by atoms with Gasteiger partial charge >= 0.3 is 11.9 Å². The molecule has 0 aromatic carbocycles. The lowest BCUT2D eigenvalue weighted by atomic mass is 9.91. The summed E-state index contributed by atoms with van der Waals surface area (Å²) in [5.74, 6) is -3.48. The van der Waals surface area contributed by atoms with Crippen molar-refractivity contribution in [1.82, 2.24) is 30.8 Å². The molecule has 4 N–H and O–H groups in total. The normalized spacial score (nSPS) is 22.1. The maximum Gasteiger partial charge on any atom is 0.344 e. The van der Waals surface area contributed by atoms with E-state index in [4.69, 9.17) is 0 Å². The number of aromatic amines is 1. The zero-order valence-corrected chi connectivity index (χ0v) is 16.4. The molecule has 1 fully saturated rings. The zero-order valence-electron chi connectivity index (χ0n) is 16.4. The van der Waals surface area contributed by atoms with E-state index in [1.165, 1.54) is 11.8 Å². The minimum atomic E-state index is -1.94. The largest absolute Gasteiger partial charge is 0.480 e. The summed E-state index contributed by atoms with van der Waals surface area (Å²) >= 11 is 0. The lowest BCUT2D eigenvalue weighted by Crippen LogP contribution is -2.69. The average Bonchev–Trinajstić information content (AvgIpc) is 3.31. The first kappa shape index (κ1) is 21.7. The highest BCUT2D eigenvalue weighted by Crippen LogP contribution is 2.41. The van der Waals surface area contributed by atoms with Gasteiger partial charge < -0.3 is 15.5 Å². The summed E-state index contributed by atoms with van der Waals surface area (Å²) in [5.41, 5.74) is -3.73. The highest BCUT2D eigenvalue weighted by molar-refractivity contribution is 5.89. The Hall–Kier alpha value is -2.56. The molecular weight excluding hydrogens is 368 g/mol. The highest BCUT2D eigenvalue weighted by Gasteiger charge is 2.61. The third-order valence-corrected chi connectivity index (χ3v) is 5.42. The van der Waals surface area contributed by atoms with Crippen molar-refractivity contribution in [3.05, 3.63) is 5.82 Å². The van der Waals surface area contributed by atoms with Gasteiger partial charge in [0.05, 0.1) is 0 Å². The molecule has 1 saturated heterocycles. The molecule has 1 aromatic heterocycles. The minimum absolute atomic E-state index is 0.105. The average molecular weight is 396 g/mol. The summed E-state index contributed by atoms with van der Waals surface area (Å²) in [6.07, 6.45) is 3.34. The van der Waals surface area contributed by atoms with E-state index in [9.17, 15) is 24.6 Å². The number of aliphatic carboxylic acids is 2. The number of aromatic nitrogens is 4. The van der Waals surface area contributed by atoms with E-state index < -0.39 is 29.0 Å². The fourth-order valence-corrected chi connectivity index (χ4v) is 3.99. The van der Waals surface area contributed by atoms with Gasteiger partial charge in [-0.05, 0) is 32.6 Å². The number of nitrogens with zero attached hydrogens (tertiary/aromatic N) is 4. The molecule has 0 bridgehead atoms. The molecular formula is C17H28N6O5. The van der Waals surface area contributed by atoms with Crippen LogP contribution < -0.4 is 5.32 Å². The van der Waals surface area contributed by atoms with E-state index >= 15 is 0 Å². The number of hydrogen-bond donors (Lipinski definition) is 4. The molecule has 11 heteroatoms. The van der Waals surface area contributed by atoms with Gasteiger partial charge in [-0.1, -0.05) is 31.9 Å². The number of nitrogens with one attached hydrogen (secondary N) is 2. The van der Waals surface area contributed by atoms with E-state index in [1.54, 1.807) is 0 Å². The Morgan fingerprint density at radius 2 is 1.93 bits per heavy atom. The third kappa shape index (κ3) is 3.71. The standard InChI is InChI=1S/C17H28N6O5/c1-4-7-11(8-5-2)12(24)18-16(3,14(25)26)23-10-6-9-17(23,15(27)28)13-19-21-22-20-13/h11H,4-10H2,1-3H3,(H,18,24)(H,25,26)(H,27,28)(H,19,20,21,22)/t16-,17-/m1/s1. The third-order valence-electron chi connectivity index (χ3n) is 5.42. The highest BCUT2D eigenvalue weighted by atomic mass is 16.4. The molecule has 1 aliphatic rings. The second kappa shape index (κ2) is 8.63. The SMILES string of the molecule is CCCC(CCC)C(=O)N[C@@](C)(C(=O)O)N1CCC[C@]1(C(=O)O)c1nn[nH]n1. The van der Waals surface area contributed by atoms with Crippen molar-refractivity contribution < 1.29 is 24.6 Å². The van der Waals surface area contributed by atoms with Gasteiger partial charge in [0.2, 0.25) is 11.7 Å². The number of amides is 1. The number of carbonyl (C=O) groups excluding carboxylic acids is 1. The van der Waals surface area contributed by atoms with Crippen LogP contribution in [-0.4, -0.2) is 65.8 Å². The first-order valence-corrected chi connectivity index (χ1v) is 9.54. The number of carboxylic acids is 2. The monoisotopic (exact) mass is 396 g/mol. The zero-order chi connectivity index (χ0) is 20.9. The Balaban J connectivity index is 2.44. The summed E-state index contributed by atoms with van der Waals surface area (Å²) < 4.78 is 0. The molecule has 2 heterocycles. The van der Waals surface area contributed by atoms with E-state index in [1.807, 2.05) is 13.8 Å². The van der Waals surface area contributed by atoms with Crippen molar-refractivity contribution >= 4 is 17.8 Å². The van der Waals surface area contributed by atoms with Crippen LogP contribution in [0.4, 0.5) is 0 Å². The van der Waals surface area contributed by atoms with E-state index in [0.717, 1.165) is 12.8 Å². The molecule has 2 atom stereocenters. The smallest absolute Gasteiger partial charge is 0.344 e. The number of likely N-dealkylation sites (tertiary alicyclic amines) is 1. The van der Waals surface area contributed by atoms with Crippen molar-refractivity contribution in [1.29, 1.82) is 0 Å². The number of rotatable bonds is 10. The van der Waals surface area contributed by atoms with Crippen molar-refractivity contribution in [2.24, 2.45) is 5.92 Å². The van der Waals surface area contributed by atoms with Gasteiger partial charge in [0.1, 0.15) is 0 Å². The molecule has 1 amide bonds. The Morgan fingerprint density at radius 1 is 1.29 bits per heavy atom. The Bertz CT molecular complexity index is 705. The van der Waals surface area contributed by atoms with Gasteiger partial charge in [-0.3, -0.25) is 4.79 Å². The summed E-state index contributed by atoms with van der Waals surface area (Å²) in [5, 5.41) is 35.9. The number of carboxylic acid groups (broad SMARTS) is 2. The van der Waals surface area contributed by atoms with Crippen LogP contribution in [0.2, 0.25) is 0 Å². The Labute approximate surface area is 162 Å². The summed E-state index contributed by atoms with van der Waals surface area (Å²) in [6.45, 7) is 5.37. The number of H-pyrrole nitrogens is 1. The molecule has 0 radical (unpaired) electrons. The second-order valence-corrected chi connectivity index (χ2v) is 7.30. The topological polar surface area (TPSA) is 161 Å². The molecule has 0 spiro atoms. The molecule has 156 valence electrons. The minimum Gasteiger partial charge on any atom is -0.480 e. The maximum absolute atomic E-state index is 12.9. The summed E-state index contributed by atoms with van der Waals surface area (Å²) in [7, 11) is 0. The fourth-order valence-electron chi connectivity index (χ4n) is 3.99. The van der Waals surface area contributed by atoms with Crippen molar-refractivity contribution in [3.8, 4) is 0 Å². The molecule has 0 aliphatic carbocycles. The van der Waals surface area contributed by atoms with Gasteiger partial charge in [0.25, 0.3) is 0 Å².